The van der Waals surface area contributed by atoms with Gasteiger partial charge in [-0.2, -0.15) is 0 Å². The highest BCUT2D eigenvalue weighted by molar-refractivity contribution is 6.30. The Morgan fingerprint density at radius 3 is 2.08 bits per heavy atom. The van der Waals surface area contributed by atoms with E-state index >= 15 is 0 Å². The molecule has 0 saturated heterocycles. The Labute approximate surface area is 156 Å². The lowest BCUT2D eigenvalue weighted by molar-refractivity contribution is -0.129. The monoisotopic (exact) mass is 364 g/mol. The van der Waals surface area contributed by atoms with Crippen molar-refractivity contribution < 1.29 is 9.53 Å². The van der Waals surface area contributed by atoms with Gasteiger partial charge in [-0.15, -0.1) is 0 Å². The largest absolute Gasteiger partial charge is 0.483 e. The molecular weight excluding hydrogens is 336 g/mol. The average molecular weight is 365 g/mol. The van der Waals surface area contributed by atoms with Crippen LogP contribution in [0.3, 0.4) is 0 Å². The fraction of sp³-hybridized carbons (Fsp3) is 0.450. The van der Waals surface area contributed by atoms with E-state index in [-0.39, 0.29) is 18.0 Å². The van der Waals surface area contributed by atoms with Gasteiger partial charge in [-0.25, -0.2) is 0 Å². The van der Waals surface area contributed by atoms with E-state index in [0.29, 0.717) is 16.6 Å². The van der Waals surface area contributed by atoms with Crippen molar-refractivity contribution in [2.24, 2.45) is 0 Å². The number of benzene rings is 1. The highest BCUT2D eigenvalue weighted by atomic mass is 35.5. The topological polar surface area (TPSA) is 32.8 Å². The maximum Gasteiger partial charge on any atom is 0.270 e. The third kappa shape index (κ3) is 5.02. The molecule has 0 fully saturated rings. The Morgan fingerprint density at radius 1 is 1.16 bits per heavy atom. The molecule has 1 amide bonds. The summed E-state index contributed by atoms with van der Waals surface area (Å²) >= 11 is 6.00. The molecule has 0 aromatic heterocycles. The maximum absolute atomic E-state index is 13.1. The number of carbonyl (C=O) groups is 1. The van der Waals surface area contributed by atoms with Crippen LogP contribution in [-0.4, -0.2) is 35.9 Å². The van der Waals surface area contributed by atoms with E-state index in [4.69, 9.17) is 16.3 Å². The van der Waals surface area contributed by atoms with Gasteiger partial charge >= 0.3 is 0 Å². The second-order valence-electron chi connectivity index (χ2n) is 6.55. The van der Waals surface area contributed by atoms with Gasteiger partial charge in [0.05, 0.1) is 13.2 Å². The lowest BCUT2D eigenvalue weighted by Gasteiger charge is -2.36. The summed E-state index contributed by atoms with van der Waals surface area (Å²) in [7, 11) is 3.36. The fourth-order valence-electron chi connectivity index (χ4n) is 2.48. The number of allylic oxidation sites excluding steroid dienone is 1. The maximum atomic E-state index is 13.1. The molecule has 0 saturated carbocycles. The summed E-state index contributed by atoms with van der Waals surface area (Å²) in [5.41, 5.74) is 2.49. The van der Waals surface area contributed by atoms with Crippen LogP contribution in [0.1, 0.15) is 46.2 Å². The number of likely N-dealkylation sites (N-methyl/N-ethyl adjacent to an activating group) is 1. The first-order valence-corrected chi connectivity index (χ1v) is 8.71. The standard InChI is InChI=1S/C20H29ClN2O2/c1-13(2)19(20(24)22(7)14(3)4)23(16(6)25-8)15(5)17-9-11-18(21)12-10-17/h9-12,14-15H,6H2,1-5,7-8H3. The zero-order valence-electron chi connectivity index (χ0n) is 16.3. The predicted molar refractivity (Wildman–Crippen MR) is 104 cm³/mol. The lowest BCUT2D eigenvalue weighted by atomic mass is 10.0. The minimum Gasteiger partial charge on any atom is -0.483 e. The van der Waals surface area contributed by atoms with E-state index in [1.165, 1.54) is 0 Å². The minimum absolute atomic E-state index is 0.0611. The average Bonchev–Trinajstić information content (AvgIpc) is 2.57. The number of hydrogen-bond acceptors (Lipinski definition) is 3. The Kier molecular flexibility index (Phi) is 7.56. The molecule has 0 aliphatic heterocycles. The molecule has 1 aromatic rings. The molecule has 1 aromatic carbocycles. The van der Waals surface area contributed by atoms with E-state index in [0.717, 1.165) is 11.1 Å². The van der Waals surface area contributed by atoms with Crippen molar-refractivity contribution in [1.29, 1.82) is 0 Å². The molecule has 0 N–H and O–H groups in total. The summed E-state index contributed by atoms with van der Waals surface area (Å²) < 4.78 is 5.40. The predicted octanol–water partition coefficient (Wildman–Crippen LogP) is 4.98. The summed E-state index contributed by atoms with van der Waals surface area (Å²) in [6, 6.07) is 7.52. The van der Waals surface area contributed by atoms with Gasteiger partial charge in [0, 0.05) is 18.1 Å². The van der Waals surface area contributed by atoms with Gasteiger partial charge in [-0.3, -0.25) is 4.79 Å². The molecule has 1 atom stereocenters. The van der Waals surface area contributed by atoms with Crippen molar-refractivity contribution in [2.75, 3.05) is 14.2 Å². The number of ether oxygens (including phenoxy) is 1. The number of amides is 1. The zero-order valence-corrected chi connectivity index (χ0v) is 17.0. The second-order valence-corrected chi connectivity index (χ2v) is 6.99. The quantitative estimate of drug-likeness (QED) is 0.505. The fourth-order valence-corrected chi connectivity index (χ4v) is 2.61. The van der Waals surface area contributed by atoms with Gasteiger partial charge in [0.15, 0.2) is 5.88 Å². The highest BCUT2D eigenvalue weighted by Gasteiger charge is 2.30. The highest BCUT2D eigenvalue weighted by Crippen LogP contribution is 2.31. The molecule has 0 aliphatic carbocycles. The Morgan fingerprint density at radius 2 is 1.68 bits per heavy atom. The molecule has 25 heavy (non-hydrogen) atoms. The van der Waals surface area contributed by atoms with E-state index in [9.17, 15) is 4.79 Å². The first-order valence-electron chi connectivity index (χ1n) is 8.34. The molecule has 138 valence electrons. The van der Waals surface area contributed by atoms with Crippen molar-refractivity contribution >= 4 is 17.5 Å². The van der Waals surface area contributed by atoms with Crippen LogP contribution in [0.5, 0.6) is 0 Å². The molecule has 0 radical (unpaired) electrons. The lowest BCUT2D eigenvalue weighted by Crippen LogP contribution is -2.41. The summed E-state index contributed by atoms with van der Waals surface area (Å²) in [6.07, 6.45) is 0. The molecule has 0 aliphatic rings. The van der Waals surface area contributed by atoms with Gasteiger partial charge in [0.25, 0.3) is 5.91 Å². The second kappa shape index (κ2) is 8.95. The van der Waals surface area contributed by atoms with Gasteiger partial charge in [0.2, 0.25) is 0 Å². The van der Waals surface area contributed by atoms with Crippen LogP contribution in [0.15, 0.2) is 48.0 Å². The molecular formula is C20H29ClN2O2. The van der Waals surface area contributed by atoms with Gasteiger partial charge in [0.1, 0.15) is 5.70 Å². The third-order valence-corrected chi connectivity index (χ3v) is 4.51. The molecule has 0 bridgehead atoms. The molecule has 4 nitrogen and oxygen atoms in total. The Bertz CT molecular complexity index is 646. The van der Waals surface area contributed by atoms with Gasteiger partial charge < -0.3 is 14.5 Å². The summed E-state index contributed by atoms with van der Waals surface area (Å²) in [4.78, 5) is 16.6. The van der Waals surface area contributed by atoms with Crippen molar-refractivity contribution in [3.05, 3.63) is 58.6 Å². The van der Waals surface area contributed by atoms with Crippen molar-refractivity contribution in [1.82, 2.24) is 9.80 Å². The Hall–Kier alpha value is -1.94. The summed E-state index contributed by atoms with van der Waals surface area (Å²) in [5, 5.41) is 0.672. The number of halogens is 1. The van der Waals surface area contributed by atoms with Crippen LogP contribution in [0, 0.1) is 0 Å². The Balaban J connectivity index is 3.40. The number of rotatable bonds is 7. The first-order chi connectivity index (χ1) is 11.6. The molecule has 0 spiro atoms. The van der Waals surface area contributed by atoms with Crippen LogP contribution >= 0.6 is 11.6 Å². The van der Waals surface area contributed by atoms with Gasteiger partial charge in [-0.05, 0) is 64.5 Å². The molecule has 5 heteroatoms. The van der Waals surface area contributed by atoms with Crippen LogP contribution in [0.25, 0.3) is 0 Å². The zero-order chi connectivity index (χ0) is 19.3. The van der Waals surface area contributed by atoms with Crippen molar-refractivity contribution in [3.8, 4) is 0 Å². The third-order valence-electron chi connectivity index (χ3n) is 4.26. The number of hydrogen-bond donors (Lipinski definition) is 0. The number of methoxy groups -OCH3 is 1. The van der Waals surface area contributed by atoms with Crippen LogP contribution in [0.4, 0.5) is 0 Å². The number of carbonyl (C=O) groups excluding carboxylic acids is 1. The number of nitrogens with zero attached hydrogens (tertiary/aromatic N) is 2. The minimum atomic E-state index is -0.140. The van der Waals surface area contributed by atoms with E-state index in [2.05, 4.69) is 6.58 Å². The van der Waals surface area contributed by atoms with E-state index < -0.39 is 0 Å². The SMILES string of the molecule is C=C(OC)N(C(C(=O)N(C)C(C)C)=C(C)C)C(C)c1ccc(Cl)cc1. The molecule has 1 rings (SSSR count). The van der Waals surface area contributed by atoms with E-state index in [1.807, 2.05) is 63.8 Å². The van der Waals surface area contributed by atoms with Crippen molar-refractivity contribution in [3.63, 3.8) is 0 Å². The summed E-state index contributed by atoms with van der Waals surface area (Å²) in [6.45, 7) is 13.8. The normalized spacial score (nSPS) is 11.7. The summed E-state index contributed by atoms with van der Waals surface area (Å²) in [5.74, 6) is 0.359. The molecule has 0 heterocycles. The smallest absolute Gasteiger partial charge is 0.270 e. The van der Waals surface area contributed by atoms with E-state index in [1.54, 1.807) is 19.1 Å². The van der Waals surface area contributed by atoms with Gasteiger partial charge in [-0.1, -0.05) is 23.7 Å². The first kappa shape index (κ1) is 21.1. The molecule has 1 unspecified atom stereocenters. The van der Waals surface area contributed by atoms with Crippen LogP contribution in [0.2, 0.25) is 5.02 Å². The van der Waals surface area contributed by atoms with Crippen LogP contribution < -0.4 is 0 Å². The van der Waals surface area contributed by atoms with Crippen LogP contribution in [-0.2, 0) is 9.53 Å². The van der Waals surface area contributed by atoms with Crippen molar-refractivity contribution in [2.45, 2.75) is 46.7 Å².